The molecule has 0 saturated carbocycles. The van der Waals surface area contributed by atoms with Gasteiger partial charge < -0.3 is 0 Å². The third kappa shape index (κ3) is 135. The molecule has 0 aliphatic heterocycles. The molecule has 1 N–H and O–H groups in total. The molecular weight excluding hydrogens is 107 g/mol. The first-order chi connectivity index (χ1) is 1.73. The molecule has 0 amide bonds. The highest BCUT2D eigenvalue weighted by atomic mass is 32.2. The van der Waals surface area contributed by atoms with Crippen LogP contribution >= 0.6 is 0 Å². The molecule has 32 valence electrons. The van der Waals surface area contributed by atoms with Gasteiger partial charge in [-0.2, -0.15) is 0 Å². The first-order valence-electron chi connectivity index (χ1n) is 0.565. The van der Waals surface area contributed by atoms with E-state index in [9.17, 15) is 0 Å². The van der Waals surface area contributed by atoms with Crippen LogP contribution in [0.25, 0.3) is 0 Å². The summed E-state index contributed by atoms with van der Waals surface area (Å²) in [5, 5.41) is 0. The summed E-state index contributed by atoms with van der Waals surface area (Å²) >= 11 is 0. The number of hydrogen-bond donors (Lipinski definition) is 2. The number of rotatable bonds is 0. The van der Waals surface area contributed by atoms with E-state index in [0.29, 0.717) is 0 Å². The summed E-state index contributed by atoms with van der Waals surface area (Å²) in [7, 11) is -3.12. The number of hydrogen-bond acceptors (Lipinski definition) is 2. The van der Waals surface area contributed by atoms with Crippen LogP contribution in [-0.2, 0) is 11.0 Å². The van der Waals surface area contributed by atoms with Gasteiger partial charge in [-0.05, 0) is 0 Å². The fraction of sp³-hybridized carbons (Fsp3) is 0. The van der Waals surface area contributed by atoms with Gasteiger partial charge in [0.1, 0.15) is 0 Å². The van der Waals surface area contributed by atoms with E-state index in [0.717, 1.165) is 0 Å². The molecule has 5 heavy (non-hydrogen) atoms. The van der Waals surface area contributed by atoms with E-state index in [1.807, 2.05) is 0 Å². The van der Waals surface area contributed by atoms with E-state index in [2.05, 4.69) is 0 Å². The zero-order valence-electron chi connectivity index (χ0n) is 1.71. The second-order valence-corrected chi connectivity index (χ2v) is 0.714. The fourth-order valence-corrected chi connectivity index (χ4v) is 0. The fourth-order valence-electron chi connectivity index (χ4n) is 0. The van der Waals surface area contributed by atoms with Crippen molar-refractivity contribution in [2.24, 2.45) is 0 Å². The van der Waals surface area contributed by atoms with Crippen molar-refractivity contribution in [1.82, 2.24) is 0 Å². The molecule has 0 radical (unpaired) electrons. The van der Waals surface area contributed by atoms with Gasteiger partial charge in [0.05, 0.1) is 0 Å². The highest BCUT2D eigenvalue weighted by Crippen LogP contribution is 1.27. The zero-order valence-corrected chi connectivity index (χ0v) is 2.61. The Bertz CT molecular complexity index is 55.3. The molecule has 0 unspecified atom stereocenters. The van der Waals surface area contributed by atoms with E-state index in [-0.39, 0.29) is 17.4 Å². The maximum atomic E-state index is 8.59. The predicted molar refractivity (Wildman–Crippen MR) is 22.9 cm³/mol. The average Bonchev–Trinajstić information content (AvgIpc) is 0.811. The van der Waals surface area contributed by atoms with Crippen molar-refractivity contribution in [3.8, 4) is 0 Å². The Hall–Kier alpha value is 0.442. The second kappa shape index (κ2) is 4.44. The SMILES string of the molecule is O=[SH](=O)O.[AlH3]. The van der Waals surface area contributed by atoms with Crippen LogP contribution in [0.1, 0.15) is 0 Å². The molecule has 3 nitrogen and oxygen atoms in total. The van der Waals surface area contributed by atoms with E-state index in [1.54, 1.807) is 0 Å². The lowest BCUT2D eigenvalue weighted by Gasteiger charge is -1.43. The third-order valence-electron chi connectivity index (χ3n) is 0. The van der Waals surface area contributed by atoms with Gasteiger partial charge in [-0.3, -0.25) is 4.55 Å². The van der Waals surface area contributed by atoms with Crippen molar-refractivity contribution in [2.75, 3.05) is 0 Å². The Morgan fingerprint density at radius 2 is 1.40 bits per heavy atom. The largest absolute Gasteiger partial charge is 0.288 e. The van der Waals surface area contributed by atoms with E-state index < -0.39 is 11.0 Å². The van der Waals surface area contributed by atoms with Crippen LogP contribution in [0.5, 0.6) is 0 Å². The molecule has 0 aromatic carbocycles. The summed E-state index contributed by atoms with van der Waals surface area (Å²) in [5.74, 6) is 0. The normalized spacial score (nSPS) is 6.80. The Morgan fingerprint density at radius 1 is 1.40 bits per heavy atom. The zero-order chi connectivity index (χ0) is 3.58. The van der Waals surface area contributed by atoms with Crippen LogP contribution in [0.15, 0.2) is 0 Å². The van der Waals surface area contributed by atoms with Gasteiger partial charge in [-0.25, -0.2) is 8.42 Å². The maximum Gasteiger partial charge on any atom is 0.254 e. The Balaban J connectivity index is 0. The molecule has 0 bridgehead atoms. The molecule has 0 aromatic rings. The van der Waals surface area contributed by atoms with Crippen molar-refractivity contribution in [1.29, 1.82) is 0 Å². The lowest BCUT2D eigenvalue weighted by molar-refractivity contribution is 0.509. The molecular formula is H5AlO3S. The highest BCUT2D eigenvalue weighted by Gasteiger charge is 1.44. The Morgan fingerprint density at radius 3 is 1.40 bits per heavy atom. The minimum Gasteiger partial charge on any atom is -0.288 e. The Kier molecular flexibility index (Phi) is 8.05. The molecule has 0 atom stereocenters. The quantitative estimate of drug-likeness (QED) is 0.214. The van der Waals surface area contributed by atoms with Crippen molar-refractivity contribution >= 4 is 28.3 Å². The highest BCUT2D eigenvalue weighted by molar-refractivity contribution is 7.66. The van der Waals surface area contributed by atoms with Gasteiger partial charge in [-0.1, -0.05) is 0 Å². The molecule has 0 saturated heterocycles. The predicted octanol–water partition coefficient (Wildman–Crippen LogP) is -2.11. The Labute approximate surface area is 41.9 Å². The summed E-state index contributed by atoms with van der Waals surface area (Å²) in [6, 6.07) is 0. The molecule has 0 spiro atoms. The summed E-state index contributed by atoms with van der Waals surface area (Å²) in [6.07, 6.45) is 0. The van der Waals surface area contributed by atoms with Crippen LogP contribution in [-0.4, -0.2) is 30.3 Å². The summed E-state index contributed by atoms with van der Waals surface area (Å²) in [6.45, 7) is 0. The summed E-state index contributed by atoms with van der Waals surface area (Å²) in [5.41, 5.74) is 0. The van der Waals surface area contributed by atoms with Crippen molar-refractivity contribution in [3.63, 3.8) is 0 Å². The monoisotopic (exact) mass is 112 g/mol. The number of thiol groups is 1. The first kappa shape index (κ1) is 9.06. The van der Waals surface area contributed by atoms with Crippen molar-refractivity contribution < 1.29 is 13.0 Å². The molecule has 0 aliphatic carbocycles. The minimum absolute atomic E-state index is 0. The third-order valence-corrected chi connectivity index (χ3v) is 0. The van der Waals surface area contributed by atoms with Crippen molar-refractivity contribution in [3.05, 3.63) is 0 Å². The average molecular weight is 112 g/mol. The molecule has 0 rings (SSSR count). The van der Waals surface area contributed by atoms with Gasteiger partial charge in [-0.15, -0.1) is 0 Å². The van der Waals surface area contributed by atoms with Crippen LogP contribution in [0.3, 0.4) is 0 Å². The smallest absolute Gasteiger partial charge is 0.254 e. The van der Waals surface area contributed by atoms with Gasteiger partial charge in [0.15, 0.2) is 17.4 Å². The van der Waals surface area contributed by atoms with Gasteiger partial charge >= 0.3 is 0 Å². The minimum atomic E-state index is -3.12. The lowest BCUT2D eigenvalue weighted by Crippen LogP contribution is -1.58. The van der Waals surface area contributed by atoms with Crippen LogP contribution in [0, 0.1) is 0 Å². The molecule has 0 fully saturated rings. The first-order valence-corrected chi connectivity index (χ1v) is 1.70. The molecule has 0 aromatic heterocycles. The van der Waals surface area contributed by atoms with E-state index >= 15 is 0 Å². The van der Waals surface area contributed by atoms with Gasteiger partial charge in [0, 0.05) is 0 Å². The van der Waals surface area contributed by atoms with E-state index in [4.69, 9.17) is 13.0 Å². The summed E-state index contributed by atoms with van der Waals surface area (Å²) < 4.78 is 24.2. The lowest BCUT2D eigenvalue weighted by atomic mass is 15.9. The molecule has 5 heteroatoms. The van der Waals surface area contributed by atoms with Gasteiger partial charge in [0.25, 0.3) is 11.0 Å². The van der Waals surface area contributed by atoms with E-state index in [1.165, 1.54) is 0 Å². The standard InChI is InChI=1S/Al.H2O3S.3H/c;1-4(2)3;;;/h;4H,(H,1,2,3);;;. The second-order valence-electron chi connectivity index (χ2n) is 0.238. The molecule has 0 heterocycles. The van der Waals surface area contributed by atoms with Crippen LogP contribution in [0.2, 0.25) is 0 Å². The van der Waals surface area contributed by atoms with Gasteiger partial charge in [0.2, 0.25) is 0 Å². The maximum absolute atomic E-state index is 8.59. The molecule has 0 aliphatic rings. The summed E-state index contributed by atoms with van der Waals surface area (Å²) in [4.78, 5) is 0. The topological polar surface area (TPSA) is 54.4 Å². The van der Waals surface area contributed by atoms with Crippen molar-refractivity contribution in [2.45, 2.75) is 0 Å². The van der Waals surface area contributed by atoms with Crippen LogP contribution in [0.4, 0.5) is 0 Å². The van der Waals surface area contributed by atoms with Crippen LogP contribution < -0.4 is 0 Å².